The SMILES string of the molecule is CCOc1ccc(CN2CCC(CC)CC2CN)cc1. The molecular formula is C17H28N2O. The molecule has 1 aromatic rings. The lowest BCUT2D eigenvalue weighted by molar-refractivity contribution is 0.107. The van der Waals surface area contributed by atoms with Gasteiger partial charge in [0.05, 0.1) is 6.61 Å². The Morgan fingerprint density at radius 3 is 2.60 bits per heavy atom. The van der Waals surface area contributed by atoms with E-state index in [1.807, 2.05) is 6.92 Å². The minimum absolute atomic E-state index is 0.542. The predicted molar refractivity (Wildman–Crippen MR) is 83.9 cm³/mol. The highest BCUT2D eigenvalue weighted by molar-refractivity contribution is 5.27. The van der Waals surface area contributed by atoms with Gasteiger partial charge in [-0.1, -0.05) is 25.5 Å². The molecular weight excluding hydrogens is 248 g/mol. The molecule has 0 saturated carbocycles. The largest absolute Gasteiger partial charge is 0.494 e. The number of ether oxygens (including phenoxy) is 1. The van der Waals surface area contributed by atoms with Crippen LogP contribution in [-0.4, -0.2) is 30.6 Å². The molecule has 2 atom stereocenters. The Kier molecular flexibility index (Phi) is 5.86. The molecule has 0 radical (unpaired) electrons. The molecule has 2 N–H and O–H groups in total. The van der Waals surface area contributed by atoms with Gasteiger partial charge in [0.15, 0.2) is 0 Å². The molecule has 0 aliphatic carbocycles. The summed E-state index contributed by atoms with van der Waals surface area (Å²) in [6, 6.07) is 9.01. The van der Waals surface area contributed by atoms with E-state index in [1.54, 1.807) is 0 Å². The van der Waals surface area contributed by atoms with Gasteiger partial charge in [0, 0.05) is 19.1 Å². The van der Waals surface area contributed by atoms with E-state index in [4.69, 9.17) is 10.5 Å². The van der Waals surface area contributed by atoms with Crippen molar-refractivity contribution in [2.45, 2.75) is 45.7 Å². The van der Waals surface area contributed by atoms with Gasteiger partial charge in [-0.25, -0.2) is 0 Å². The van der Waals surface area contributed by atoms with E-state index in [0.29, 0.717) is 6.04 Å². The molecule has 1 aliphatic heterocycles. The molecule has 1 saturated heterocycles. The zero-order valence-electron chi connectivity index (χ0n) is 12.8. The first-order valence-electron chi connectivity index (χ1n) is 7.92. The van der Waals surface area contributed by atoms with E-state index in [-0.39, 0.29) is 0 Å². The Balaban J connectivity index is 1.94. The molecule has 0 spiro atoms. The Hall–Kier alpha value is -1.06. The summed E-state index contributed by atoms with van der Waals surface area (Å²) < 4.78 is 5.49. The third kappa shape index (κ3) is 3.97. The second kappa shape index (κ2) is 7.65. The zero-order chi connectivity index (χ0) is 14.4. The van der Waals surface area contributed by atoms with Crippen LogP contribution in [0, 0.1) is 5.92 Å². The van der Waals surface area contributed by atoms with Crippen molar-refractivity contribution >= 4 is 0 Å². The minimum Gasteiger partial charge on any atom is -0.494 e. The van der Waals surface area contributed by atoms with Crippen molar-refractivity contribution in [3.63, 3.8) is 0 Å². The van der Waals surface area contributed by atoms with Gasteiger partial charge in [-0.2, -0.15) is 0 Å². The highest BCUT2D eigenvalue weighted by atomic mass is 16.5. The summed E-state index contributed by atoms with van der Waals surface area (Å²) in [6.07, 6.45) is 3.85. The third-order valence-corrected chi connectivity index (χ3v) is 4.42. The van der Waals surface area contributed by atoms with E-state index in [1.165, 1.54) is 31.4 Å². The van der Waals surface area contributed by atoms with Crippen LogP contribution in [0.15, 0.2) is 24.3 Å². The van der Waals surface area contributed by atoms with Crippen molar-refractivity contribution in [3.05, 3.63) is 29.8 Å². The van der Waals surface area contributed by atoms with E-state index in [0.717, 1.165) is 31.4 Å². The predicted octanol–water partition coefficient (Wildman–Crippen LogP) is 3.03. The molecule has 0 amide bonds. The Morgan fingerprint density at radius 2 is 2.00 bits per heavy atom. The quantitative estimate of drug-likeness (QED) is 0.868. The van der Waals surface area contributed by atoms with E-state index in [2.05, 4.69) is 36.1 Å². The lowest BCUT2D eigenvalue weighted by Gasteiger charge is -2.38. The Morgan fingerprint density at radius 1 is 1.25 bits per heavy atom. The van der Waals surface area contributed by atoms with Crippen LogP contribution in [0.1, 0.15) is 38.7 Å². The number of nitrogens with zero attached hydrogens (tertiary/aromatic N) is 1. The monoisotopic (exact) mass is 276 g/mol. The number of rotatable bonds is 6. The van der Waals surface area contributed by atoms with Crippen LogP contribution in [0.4, 0.5) is 0 Å². The molecule has 2 unspecified atom stereocenters. The average molecular weight is 276 g/mol. The second-order valence-electron chi connectivity index (χ2n) is 5.74. The van der Waals surface area contributed by atoms with Gasteiger partial charge in [-0.15, -0.1) is 0 Å². The maximum atomic E-state index is 5.97. The number of nitrogens with two attached hydrogens (primary N) is 1. The summed E-state index contributed by atoms with van der Waals surface area (Å²) in [6.45, 7) is 7.98. The van der Waals surface area contributed by atoms with Gasteiger partial charge in [-0.3, -0.25) is 4.90 Å². The van der Waals surface area contributed by atoms with Crippen LogP contribution >= 0.6 is 0 Å². The number of benzene rings is 1. The third-order valence-electron chi connectivity index (χ3n) is 4.42. The summed E-state index contributed by atoms with van der Waals surface area (Å²) in [5.74, 6) is 1.82. The zero-order valence-corrected chi connectivity index (χ0v) is 12.8. The van der Waals surface area contributed by atoms with Crippen LogP contribution in [0.2, 0.25) is 0 Å². The lowest BCUT2D eigenvalue weighted by atomic mass is 9.88. The molecule has 2 rings (SSSR count). The van der Waals surface area contributed by atoms with Gasteiger partial charge in [0.1, 0.15) is 5.75 Å². The minimum atomic E-state index is 0.542. The average Bonchev–Trinajstić information content (AvgIpc) is 2.50. The van der Waals surface area contributed by atoms with Crippen LogP contribution in [-0.2, 0) is 6.54 Å². The van der Waals surface area contributed by atoms with Crippen molar-refractivity contribution in [2.75, 3.05) is 19.7 Å². The molecule has 1 heterocycles. The highest BCUT2D eigenvalue weighted by Crippen LogP contribution is 2.26. The fourth-order valence-electron chi connectivity index (χ4n) is 3.10. The highest BCUT2D eigenvalue weighted by Gasteiger charge is 2.26. The summed E-state index contributed by atoms with van der Waals surface area (Å²) in [4.78, 5) is 2.54. The van der Waals surface area contributed by atoms with Crippen LogP contribution in [0.3, 0.4) is 0 Å². The maximum Gasteiger partial charge on any atom is 0.119 e. The first-order chi connectivity index (χ1) is 9.76. The molecule has 0 bridgehead atoms. The second-order valence-corrected chi connectivity index (χ2v) is 5.74. The van der Waals surface area contributed by atoms with E-state index < -0.39 is 0 Å². The first kappa shape index (κ1) is 15.3. The standard InChI is InChI=1S/C17H28N2O/c1-3-14-9-10-19(16(11-14)12-18)13-15-5-7-17(8-6-15)20-4-2/h5-8,14,16H,3-4,9-13,18H2,1-2H3. The Labute approximate surface area is 123 Å². The molecule has 1 aromatic carbocycles. The summed E-state index contributed by atoms with van der Waals surface area (Å²) in [7, 11) is 0. The topological polar surface area (TPSA) is 38.5 Å². The van der Waals surface area contributed by atoms with Gasteiger partial charge >= 0.3 is 0 Å². The fourth-order valence-corrected chi connectivity index (χ4v) is 3.10. The van der Waals surface area contributed by atoms with E-state index >= 15 is 0 Å². The lowest BCUT2D eigenvalue weighted by Crippen LogP contribution is -2.45. The van der Waals surface area contributed by atoms with Gasteiger partial charge < -0.3 is 10.5 Å². The van der Waals surface area contributed by atoms with Gasteiger partial charge in [0.25, 0.3) is 0 Å². The van der Waals surface area contributed by atoms with Crippen molar-refractivity contribution < 1.29 is 4.74 Å². The molecule has 20 heavy (non-hydrogen) atoms. The first-order valence-corrected chi connectivity index (χ1v) is 7.92. The van der Waals surface area contributed by atoms with Crippen molar-refractivity contribution in [1.29, 1.82) is 0 Å². The van der Waals surface area contributed by atoms with Crippen molar-refractivity contribution in [3.8, 4) is 5.75 Å². The summed E-state index contributed by atoms with van der Waals surface area (Å²) >= 11 is 0. The molecule has 1 fully saturated rings. The van der Waals surface area contributed by atoms with E-state index in [9.17, 15) is 0 Å². The molecule has 3 heteroatoms. The summed E-state index contributed by atoms with van der Waals surface area (Å²) in [5.41, 5.74) is 7.32. The van der Waals surface area contributed by atoms with Crippen molar-refractivity contribution in [1.82, 2.24) is 4.90 Å². The molecule has 0 aromatic heterocycles. The Bertz CT molecular complexity index is 390. The van der Waals surface area contributed by atoms with Crippen LogP contribution < -0.4 is 10.5 Å². The van der Waals surface area contributed by atoms with Gasteiger partial charge in [0.2, 0.25) is 0 Å². The molecule has 112 valence electrons. The van der Waals surface area contributed by atoms with Crippen molar-refractivity contribution in [2.24, 2.45) is 11.7 Å². The molecule has 3 nitrogen and oxygen atoms in total. The normalized spacial score (nSPS) is 23.8. The summed E-state index contributed by atoms with van der Waals surface area (Å²) in [5, 5.41) is 0. The number of likely N-dealkylation sites (tertiary alicyclic amines) is 1. The maximum absolute atomic E-state index is 5.97. The van der Waals surface area contributed by atoms with Crippen LogP contribution in [0.25, 0.3) is 0 Å². The van der Waals surface area contributed by atoms with Gasteiger partial charge in [-0.05, 0) is 49.9 Å². The number of hydrogen-bond donors (Lipinski definition) is 1. The number of hydrogen-bond acceptors (Lipinski definition) is 3. The van der Waals surface area contributed by atoms with Crippen LogP contribution in [0.5, 0.6) is 5.75 Å². The fraction of sp³-hybridized carbons (Fsp3) is 0.647. The number of piperidine rings is 1. The molecule has 1 aliphatic rings. The smallest absolute Gasteiger partial charge is 0.119 e.